The summed E-state index contributed by atoms with van der Waals surface area (Å²) in [4.78, 5) is 32.5. The Hall–Kier alpha value is -3.30. The lowest BCUT2D eigenvalue weighted by atomic mass is 9.84. The second kappa shape index (κ2) is 11.2. The van der Waals surface area contributed by atoms with Crippen molar-refractivity contribution in [1.82, 2.24) is 20.6 Å². The third kappa shape index (κ3) is 6.27. The molecule has 1 aliphatic carbocycles. The minimum Gasteiger partial charge on any atom is -0.472 e. The van der Waals surface area contributed by atoms with Gasteiger partial charge in [-0.25, -0.2) is 14.4 Å². The molecule has 2 fully saturated rings. The van der Waals surface area contributed by atoms with Gasteiger partial charge in [-0.1, -0.05) is 6.07 Å². The fourth-order valence-corrected chi connectivity index (χ4v) is 5.46. The highest BCUT2D eigenvalue weighted by atomic mass is 32.2. The number of thioether (sulfide) groups is 1. The number of benzene rings is 1. The van der Waals surface area contributed by atoms with E-state index in [2.05, 4.69) is 20.6 Å². The molecule has 1 aliphatic heterocycles. The number of carbonyl (C=O) groups excluding carboxylic acids is 2. The van der Waals surface area contributed by atoms with Gasteiger partial charge < -0.3 is 9.73 Å². The van der Waals surface area contributed by atoms with Gasteiger partial charge in [-0.05, 0) is 97.8 Å². The number of rotatable bonds is 8. The fraction of sp³-hybridized carbons (Fsp3) is 0.333. The molecule has 5 rings (SSSR count). The Balaban J connectivity index is 1.08. The molecule has 2 amide bonds. The Labute approximate surface area is 213 Å². The molecule has 1 saturated heterocycles. The molecule has 9 heteroatoms. The van der Waals surface area contributed by atoms with Crippen molar-refractivity contribution in [3.05, 3.63) is 76.9 Å². The SMILES string of the molecule is O=C1NC(=O)/C(=C/c2ccnc(CC3CCC(NCCc4cc(F)cc(-c5ccoc5)c4)CC3)n2)S1. The van der Waals surface area contributed by atoms with Crippen LogP contribution in [0, 0.1) is 11.7 Å². The van der Waals surface area contributed by atoms with Crippen LogP contribution in [0.25, 0.3) is 17.2 Å². The molecule has 1 aromatic carbocycles. The van der Waals surface area contributed by atoms with Crippen molar-refractivity contribution in [2.24, 2.45) is 5.92 Å². The van der Waals surface area contributed by atoms with E-state index < -0.39 is 0 Å². The molecule has 2 aliphatic rings. The number of nitrogens with one attached hydrogen (secondary N) is 2. The Bertz CT molecular complexity index is 1270. The summed E-state index contributed by atoms with van der Waals surface area (Å²) >= 11 is 0.888. The zero-order valence-corrected chi connectivity index (χ0v) is 20.5. The van der Waals surface area contributed by atoms with E-state index in [-0.39, 0.29) is 17.0 Å². The van der Waals surface area contributed by atoms with Gasteiger partial charge in [-0.3, -0.25) is 14.9 Å². The van der Waals surface area contributed by atoms with E-state index in [1.165, 1.54) is 6.07 Å². The van der Waals surface area contributed by atoms with Crippen LogP contribution in [0.1, 0.15) is 42.8 Å². The van der Waals surface area contributed by atoms with Crippen LogP contribution in [0.3, 0.4) is 0 Å². The Morgan fingerprint density at radius 1 is 1.14 bits per heavy atom. The maximum Gasteiger partial charge on any atom is 0.290 e. The topological polar surface area (TPSA) is 97.1 Å². The number of imide groups is 1. The van der Waals surface area contributed by atoms with Gasteiger partial charge in [-0.15, -0.1) is 0 Å². The zero-order chi connectivity index (χ0) is 24.9. The number of aromatic nitrogens is 2. The molecule has 2 N–H and O–H groups in total. The maximum absolute atomic E-state index is 14.1. The summed E-state index contributed by atoms with van der Waals surface area (Å²) in [5.74, 6) is 0.657. The van der Waals surface area contributed by atoms with Crippen molar-refractivity contribution >= 4 is 29.0 Å². The van der Waals surface area contributed by atoms with E-state index in [9.17, 15) is 14.0 Å². The first-order chi connectivity index (χ1) is 17.5. The first-order valence-corrected chi connectivity index (χ1v) is 13.0. The summed E-state index contributed by atoms with van der Waals surface area (Å²) in [5, 5.41) is 5.53. The van der Waals surface area contributed by atoms with Gasteiger partial charge in [0.1, 0.15) is 11.6 Å². The second-order valence-corrected chi connectivity index (χ2v) is 10.3. The number of nitrogens with zero attached hydrogens (tertiary/aromatic N) is 2. The minimum absolute atomic E-state index is 0.231. The molecule has 0 radical (unpaired) electrons. The van der Waals surface area contributed by atoms with Crippen molar-refractivity contribution in [2.75, 3.05) is 6.54 Å². The Morgan fingerprint density at radius 2 is 2.00 bits per heavy atom. The van der Waals surface area contributed by atoms with Gasteiger partial charge in [0, 0.05) is 24.2 Å². The highest BCUT2D eigenvalue weighted by Gasteiger charge is 2.25. The van der Waals surface area contributed by atoms with Crippen molar-refractivity contribution in [3.8, 4) is 11.1 Å². The number of hydrogen-bond donors (Lipinski definition) is 2. The van der Waals surface area contributed by atoms with Gasteiger partial charge in [0.2, 0.25) is 0 Å². The number of furan rings is 1. The van der Waals surface area contributed by atoms with Crippen LogP contribution in [0.2, 0.25) is 0 Å². The summed E-state index contributed by atoms with van der Waals surface area (Å²) in [6.45, 7) is 0.803. The van der Waals surface area contributed by atoms with Gasteiger partial charge in [0.05, 0.1) is 23.1 Å². The van der Waals surface area contributed by atoms with E-state index in [0.29, 0.717) is 22.6 Å². The third-order valence-corrected chi connectivity index (χ3v) is 7.44. The molecule has 186 valence electrons. The maximum atomic E-state index is 14.1. The standard InChI is InChI=1S/C27H27FN4O3S/c28-21-12-18(11-20(14-21)19-7-10-35-16-19)5-8-29-22-3-1-17(2-4-22)13-25-30-9-6-23(31-25)15-24-26(33)32-27(34)36-24/h6-7,9-12,14-17,22,29H,1-5,8,13H2,(H,32,33,34)/b24-15-. The molecule has 0 bridgehead atoms. The largest absolute Gasteiger partial charge is 0.472 e. The molecule has 1 saturated carbocycles. The smallest absolute Gasteiger partial charge is 0.290 e. The average molecular weight is 507 g/mol. The summed E-state index contributed by atoms with van der Waals surface area (Å²) < 4.78 is 19.2. The predicted octanol–water partition coefficient (Wildman–Crippen LogP) is 5.13. The van der Waals surface area contributed by atoms with Crippen LogP contribution >= 0.6 is 11.8 Å². The Kier molecular flexibility index (Phi) is 7.58. The summed E-state index contributed by atoms with van der Waals surface area (Å²) in [7, 11) is 0. The molecule has 3 aromatic rings. The molecular weight excluding hydrogens is 479 g/mol. The van der Waals surface area contributed by atoms with Crippen molar-refractivity contribution in [3.63, 3.8) is 0 Å². The van der Waals surface area contributed by atoms with Crippen LogP contribution in [0.4, 0.5) is 9.18 Å². The first-order valence-electron chi connectivity index (χ1n) is 12.1. The fourth-order valence-electron chi connectivity index (χ4n) is 4.79. The van der Waals surface area contributed by atoms with E-state index in [1.54, 1.807) is 36.9 Å². The molecule has 36 heavy (non-hydrogen) atoms. The molecule has 0 spiro atoms. The molecule has 3 heterocycles. The van der Waals surface area contributed by atoms with Crippen LogP contribution in [-0.2, 0) is 17.6 Å². The van der Waals surface area contributed by atoms with Crippen LogP contribution in [-0.4, -0.2) is 33.7 Å². The van der Waals surface area contributed by atoms with Gasteiger partial charge >= 0.3 is 0 Å². The molecular formula is C27H27FN4O3S. The molecule has 0 atom stereocenters. The van der Waals surface area contributed by atoms with E-state index >= 15 is 0 Å². The van der Waals surface area contributed by atoms with Crippen molar-refractivity contribution in [2.45, 2.75) is 44.6 Å². The number of hydrogen-bond acceptors (Lipinski definition) is 7. The highest BCUT2D eigenvalue weighted by Crippen LogP contribution is 2.28. The zero-order valence-electron chi connectivity index (χ0n) is 19.7. The molecule has 0 unspecified atom stereocenters. The van der Waals surface area contributed by atoms with Gasteiger partial charge in [-0.2, -0.15) is 0 Å². The van der Waals surface area contributed by atoms with E-state index in [0.717, 1.165) is 79.3 Å². The monoisotopic (exact) mass is 506 g/mol. The lowest BCUT2D eigenvalue weighted by molar-refractivity contribution is -0.115. The summed E-state index contributed by atoms with van der Waals surface area (Å²) in [6, 6.07) is 9.18. The highest BCUT2D eigenvalue weighted by molar-refractivity contribution is 8.18. The van der Waals surface area contributed by atoms with Gasteiger partial charge in [0.15, 0.2) is 0 Å². The Morgan fingerprint density at radius 3 is 2.75 bits per heavy atom. The second-order valence-electron chi connectivity index (χ2n) is 9.24. The minimum atomic E-state index is -0.383. The van der Waals surface area contributed by atoms with Crippen LogP contribution in [0.5, 0.6) is 0 Å². The number of carbonyl (C=O) groups is 2. The van der Waals surface area contributed by atoms with Crippen molar-refractivity contribution in [1.29, 1.82) is 0 Å². The summed E-state index contributed by atoms with van der Waals surface area (Å²) in [6.07, 6.45) is 12.4. The number of amides is 2. The molecule has 7 nitrogen and oxygen atoms in total. The lowest BCUT2D eigenvalue weighted by Crippen LogP contribution is -2.35. The van der Waals surface area contributed by atoms with Gasteiger partial charge in [0.25, 0.3) is 11.1 Å². The average Bonchev–Trinajstić information content (AvgIpc) is 3.50. The molecule has 2 aromatic heterocycles. The van der Waals surface area contributed by atoms with Crippen molar-refractivity contribution < 1.29 is 18.4 Å². The summed E-state index contributed by atoms with van der Waals surface area (Å²) in [5.41, 5.74) is 3.32. The number of halogens is 1. The van der Waals surface area contributed by atoms with E-state index in [1.807, 2.05) is 12.1 Å². The normalized spacial score (nSPS) is 21.2. The third-order valence-electron chi connectivity index (χ3n) is 6.62. The first kappa shape index (κ1) is 24.4. The van der Waals surface area contributed by atoms with Crippen LogP contribution in [0.15, 0.2) is 58.4 Å². The van der Waals surface area contributed by atoms with E-state index in [4.69, 9.17) is 4.42 Å². The van der Waals surface area contributed by atoms with Crippen LogP contribution < -0.4 is 10.6 Å². The predicted molar refractivity (Wildman–Crippen MR) is 136 cm³/mol. The lowest BCUT2D eigenvalue weighted by Gasteiger charge is -2.29. The quantitative estimate of drug-likeness (QED) is 0.409.